The van der Waals surface area contributed by atoms with Gasteiger partial charge in [0.25, 0.3) is 0 Å². The molecule has 0 spiro atoms. The Labute approximate surface area is 213 Å². The van der Waals surface area contributed by atoms with Crippen LogP contribution >= 0.6 is 0 Å². The van der Waals surface area contributed by atoms with E-state index in [0.29, 0.717) is 50.6 Å². The van der Waals surface area contributed by atoms with E-state index in [4.69, 9.17) is 14.2 Å². The molecule has 0 radical (unpaired) electrons. The number of benzene rings is 2. The van der Waals surface area contributed by atoms with Gasteiger partial charge in [0.05, 0.1) is 38.4 Å². The summed E-state index contributed by atoms with van der Waals surface area (Å²) in [4.78, 5) is 15.3. The maximum atomic E-state index is 13.1. The number of methoxy groups -OCH3 is 1. The fraction of sp³-hybridized carbons (Fsp3) is 0.500. The van der Waals surface area contributed by atoms with Crippen LogP contribution in [-0.2, 0) is 43.8 Å². The molecule has 0 bridgehead atoms. The average Bonchev–Trinajstić information content (AvgIpc) is 2.92. The van der Waals surface area contributed by atoms with Crippen LogP contribution in [0.5, 0.6) is 5.75 Å². The van der Waals surface area contributed by atoms with Gasteiger partial charge in [-0.15, -0.1) is 0 Å². The molecule has 1 amide bonds. The predicted octanol–water partition coefficient (Wildman–Crippen LogP) is 1.80. The number of aryl methyl sites for hydroxylation is 1. The van der Waals surface area contributed by atoms with E-state index < -0.39 is 10.0 Å². The molecule has 2 heterocycles. The van der Waals surface area contributed by atoms with Gasteiger partial charge in [0, 0.05) is 45.7 Å². The zero-order chi connectivity index (χ0) is 25.4. The molecular formula is C26H35N3O6S. The van der Waals surface area contributed by atoms with Gasteiger partial charge in [-0.05, 0) is 41.3 Å². The van der Waals surface area contributed by atoms with Crippen molar-refractivity contribution in [2.75, 3.05) is 59.7 Å². The SMILES string of the molecule is COc1ccc(S(=O)(=O)N2CCOCC2)cc1CCC(=O)NCc1ccccc1CN1CCOCC1. The van der Waals surface area contributed by atoms with Crippen LogP contribution in [0.1, 0.15) is 23.1 Å². The molecule has 0 saturated carbocycles. The Morgan fingerprint density at radius 3 is 2.31 bits per heavy atom. The number of sulfonamides is 1. The van der Waals surface area contributed by atoms with Crippen molar-refractivity contribution in [1.29, 1.82) is 0 Å². The first-order chi connectivity index (χ1) is 17.5. The van der Waals surface area contributed by atoms with Gasteiger partial charge in [0.15, 0.2) is 0 Å². The van der Waals surface area contributed by atoms with Gasteiger partial charge < -0.3 is 19.5 Å². The Kier molecular flexibility index (Phi) is 9.33. The van der Waals surface area contributed by atoms with Gasteiger partial charge >= 0.3 is 0 Å². The number of amides is 1. The molecule has 0 unspecified atom stereocenters. The predicted molar refractivity (Wildman–Crippen MR) is 135 cm³/mol. The second-order valence-corrected chi connectivity index (χ2v) is 10.9. The molecule has 36 heavy (non-hydrogen) atoms. The first-order valence-corrected chi connectivity index (χ1v) is 13.8. The van der Waals surface area contributed by atoms with Crippen molar-refractivity contribution in [1.82, 2.24) is 14.5 Å². The van der Waals surface area contributed by atoms with Gasteiger partial charge in [0.1, 0.15) is 5.75 Å². The van der Waals surface area contributed by atoms with Crippen LogP contribution in [0.4, 0.5) is 0 Å². The third-order valence-corrected chi connectivity index (χ3v) is 8.47. The highest BCUT2D eigenvalue weighted by Crippen LogP contribution is 2.26. The summed E-state index contributed by atoms with van der Waals surface area (Å²) < 4.78 is 43.7. The summed E-state index contributed by atoms with van der Waals surface area (Å²) in [5.74, 6) is 0.472. The van der Waals surface area contributed by atoms with Gasteiger partial charge in [-0.1, -0.05) is 24.3 Å². The van der Waals surface area contributed by atoms with Crippen molar-refractivity contribution in [3.8, 4) is 5.75 Å². The topological polar surface area (TPSA) is 97.4 Å². The zero-order valence-electron chi connectivity index (χ0n) is 20.8. The van der Waals surface area contributed by atoms with Crippen molar-refractivity contribution in [2.24, 2.45) is 0 Å². The highest BCUT2D eigenvalue weighted by atomic mass is 32.2. The van der Waals surface area contributed by atoms with Crippen molar-refractivity contribution in [3.63, 3.8) is 0 Å². The molecule has 2 fully saturated rings. The fourth-order valence-electron chi connectivity index (χ4n) is 4.46. The molecule has 2 saturated heterocycles. The maximum absolute atomic E-state index is 13.1. The van der Waals surface area contributed by atoms with E-state index in [-0.39, 0.29) is 17.2 Å². The molecule has 9 nitrogen and oxygen atoms in total. The Morgan fingerprint density at radius 2 is 1.61 bits per heavy atom. The second kappa shape index (κ2) is 12.6. The third-order valence-electron chi connectivity index (χ3n) is 6.57. The number of nitrogens with zero attached hydrogens (tertiary/aromatic N) is 2. The molecule has 1 N–H and O–H groups in total. The van der Waals surface area contributed by atoms with Crippen molar-refractivity contribution >= 4 is 15.9 Å². The Morgan fingerprint density at radius 1 is 0.944 bits per heavy atom. The van der Waals surface area contributed by atoms with Crippen molar-refractivity contribution in [3.05, 3.63) is 59.2 Å². The average molecular weight is 518 g/mol. The van der Waals surface area contributed by atoms with E-state index in [2.05, 4.69) is 16.3 Å². The number of hydrogen-bond acceptors (Lipinski definition) is 7. The Hall–Kier alpha value is -2.50. The van der Waals surface area contributed by atoms with Gasteiger partial charge in [-0.2, -0.15) is 4.31 Å². The third kappa shape index (κ3) is 6.83. The van der Waals surface area contributed by atoms with E-state index in [1.807, 2.05) is 18.2 Å². The standard InChI is InChI=1S/C26H35N3O6S/c1-33-25-8-7-24(36(31,32)29-12-16-35-17-13-29)18-21(25)6-9-26(30)27-19-22-4-2-3-5-23(22)20-28-10-14-34-15-11-28/h2-5,7-8,18H,6,9-17,19-20H2,1H3,(H,27,30). The van der Waals surface area contributed by atoms with Crippen LogP contribution in [0.15, 0.2) is 47.4 Å². The quantitative estimate of drug-likeness (QED) is 0.513. The van der Waals surface area contributed by atoms with Crippen molar-refractivity contribution < 1.29 is 27.4 Å². The summed E-state index contributed by atoms with van der Waals surface area (Å²) in [6, 6.07) is 13.0. The smallest absolute Gasteiger partial charge is 0.243 e. The molecular weight excluding hydrogens is 482 g/mol. The maximum Gasteiger partial charge on any atom is 0.243 e. The monoisotopic (exact) mass is 517 g/mol. The first kappa shape index (κ1) is 26.6. The minimum atomic E-state index is -3.63. The molecule has 10 heteroatoms. The minimum Gasteiger partial charge on any atom is -0.496 e. The number of ether oxygens (including phenoxy) is 3. The summed E-state index contributed by atoms with van der Waals surface area (Å²) in [6.07, 6.45) is 0.597. The summed E-state index contributed by atoms with van der Waals surface area (Å²) in [5, 5.41) is 3.02. The highest BCUT2D eigenvalue weighted by molar-refractivity contribution is 7.89. The molecule has 2 aliphatic heterocycles. The number of hydrogen-bond donors (Lipinski definition) is 1. The molecule has 0 aromatic heterocycles. The van der Waals surface area contributed by atoms with Crippen LogP contribution in [0.25, 0.3) is 0 Å². The number of rotatable bonds is 10. The number of morpholine rings is 2. The summed E-state index contributed by atoms with van der Waals surface area (Å²) in [5.41, 5.74) is 2.98. The van der Waals surface area contributed by atoms with Crippen LogP contribution in [0, 0.1) is 0 Å². The largest absolute Gasteiger partial charge is 0.496 e. The van der Waals surface area contributed by atoms with Crippen molar-refractivity contribution in [2.45, 2.75) is 30.8 Å². The van der Waals surface area contributed by atoms with Crippen LogP contribution in [0.3, 0.4) is 0 Å². The van der Waals surface area contributed by atoms with Gasteiger partial charge in [-0.25, -0.2) is 8.42 Å². The first-order valence-electron chi connectivity index (χ1n) is 12.4. The molecule has 0 aliphatic carbocycles. The Bertz CT molecular complexity index is 1130. The van der Waals surface area contributed by atoms with Crippen LogP contribution < -0.4 is 10.1 Å². The molecule has 2 aromatic rings. The van der Waals surface area contributed by atoms with Crippen LogP contribution in [0.2, 0.25) is 0 Å². The van der Waals surface area contributed by atoms with Crippen LogP contribution in [-0.4, -0.2) is 83.2 Å². The van der Waals surface area contributed by atoms with E-state index in [0.717, 1.165) is 38.4 Å². The lowest BCUT2D eigenvalue weighted by Gasteiger charge is -2.27. The van der Waals surface area contributed by atoms with Gasteiger partial charge in [0.2, 0.25) is 15.9 Å². The van der Waals surface area contributed by atoms with E-state index in [1.54, 1.807) is 25.3 Å². The molecule has 0 atom stereocenters. The lowest BCUT2D eigenvalue weighted by atomic mass is 10.1. The van der Waals surface area contributed by atoms with E-state index >= 15 is 0 Å². The number of carbonyl (C=O) groups excluding carboxylic acids is 1. The molecule has 4 rings (SSSR count). The zero-order valence-corrected chi connectivity index (χ0v) is 21.6. The molecule has 196 valence electrons. The molecule has 2 aromatic carbocycles. The lowest BCUT2D eigenvalue weighted by Crippen LogP contribution is -2.40. The summed E-state index contributed by atoms with van der Waals surface area (Å²) >= 11 is 0. The highest BCUT2D eigenvalue weighted by Gasteiger charge is 2.27. The molecule has 2 aliphatic rings. The fourth-order valence-corrected chi connectivity index (χ4v) is 5.92. The van der Waals surface area contributed by atoms with E-state index in [1.165, 1.54) is 9.87 Å². The van der Waals surface area contributed by atoms with Gasteiger partial charge in [-0.3, -0.25) is 9.69 Å². The minimum absolute atomic E-state index is 0.0975. The summed E-state index contributed by atoms with van der Waals surface area (Å²) in [6.45, 7) is 6.02. The second-order valence-electron chi connectivity index (χ2n) is 8.92. The van der Waals surface area contributed by atoms with E-state index in [9.17, 15) is 13.2 Å². The number of nitrogens with one attached hydrogen (secondary N) is 1. The number of carbonyl (C=O) groups is 1. The lowest BCUT2D eigenvalue weighted by molar-refractivity contribution is -0.121. The normalized spacial score (nSPS) is 17.6. The summed E-state index contributed by atoms with van der Waals surface area (Å²) in [7, 11) is -2.08. The Balaban J connectivity index is 1.36.